The zero-order chi connectivity index (χ0) is 5.98. The summed E-state index contributed by atoms with van der Waals surface area (Å²) in [5.41, 5.74) is 0.342. The molecular weight excluding hydrogens is 113 g/mol. The van der Waals surface area contributed by atoms with E-state index >= 15 is 0 Å². The van der Waals surface area contributed by atoms with Crippen molar-refractivity contribution in [2.24, 2.45) is 0 Å². The van der Waals surface area contributed by atoms with Gasteiger partial charge < -0.3 is 4.81 Å². The quantitative estimate of drug-likeness (QED) is 0.415. The van der Waals surface area contributed by atoms with Crippen LogP contribution in [0, 0.1) is 0 Å². The molecule has 0 spiro atoms. The van der Waals surface area contributed by atoms with Gasteiger partial charge in [0, 0.05) is 10.2 Å². The van der Waals surface area contributed by atoms with Gasteiger partial charge in [-0.15, -0.1) is 0 Å². The summed E-state index contributed by atoms with van der Waals surface area (Å²) >= 11 is 0. The fourth-order valence-electron chi connectivity index (χ4n) is 0.498. The monoisotopic (exact) mass is 118 g/mol. The van der Waals surface area contributed by atoms with Gasteiger partial charge in [-0.1, -0.05) is 12.2 Å². The van der Waals surface area contributed by atoms with Crippen molar-refractivity contribution < 1.29 is 0 Å². The first-order chi connectivity index (χ1) is 3.79. The maximum Gasteiger partial charge on any atom is 0.233 e. The van der Waals surface area contributed by atoms with E-state index in [2.05, 4.69) is 10.2 Å². The molecule has 0 unspecified atom stereocenters. The predicted octanol–water partition coefficient (Wildman–Crippen LogP) is 0.370. The van der Waals surface area contributed by atoms with E-state index in [1.165, 1.54) is 4.81 Å². The minimum Gasteiger partial charge on any atom is -0.410 e. The fourth-order valence-corrected chi connectivity index (χ4v) is 0.670. The van der Waals surface area contributed by atoms with Crippen LogP contribution in [0.1, 0.15) is 0 Å². The van der Waals surface area contributed by atoms with Crippen molar-refractivity contribution >= 4 is 18.2 Å². The Balaban J connectivity index is 2.54. The maximum atomic E-state index is 5.34. The molecule has 0 saturated heterocycles. The molecule has 1 aliphatic heterocycles. The standard InChI is InChI=1S/C5H5BNSi/c6-7-3-1-5(8)2-4-7/h1-5H. The third kappa shape index (κ3) is 1.27. The van der Waals surface area contributed by atoms with E-state index in [0.29, 0.717) is 5.54 Å². The molecule has 5 radical (unpaired) electrons. The molecule has 0 fully saturated rings. The summed E-state index contributed by atoms with van der Waals surface area (Å²) in [6.45, 7) is 0. The highest BCUT2D eigenvalue weighted by Gasteiger charge is 1.95. The molecule has 1 rings (SSSR count). The van der Waals surface area contributed by atoms with Crippen LogP contribution in [0.25, 0.3) is 0 Å². The second-order valence-corrected chi connectivity index (χ2v) is 2.32. The first-order valence-corrected chi connectivity index (χ1v) is 2.97. The second kappa shape index (κ2) is 2.22. The Morgan fingerprint density at radius 1 is 1.38 bits per heavy atom. The average Bonchev–Trinajstić information content (AvgIpc) is 1.77. The Bertz CT molecular complexity index is 104. The SMILES string of the molecule is [B]N1C=CC([Si])C=C1. The zero-order valence-corrected chi connectivity index (χ0v) is 5.41. The first-order valence-electron chi connectivity index (χ1n) is 2.40. The van der Waals surface area contributed by atoms with Gasteiger partial charge in [-0.25, -0.2) is 0 Å². The largest absolute Gasteiger partial charge is 0.410 e. The Morgan fingerprint density at radius 2 is 1.88 bits per heavy atom. The molecule has 1 nitrogen and oxygen atoms in total. The lowest BCUT2D eigenvalue weighted by molar-refractivity contribution is 0.800. The lowest BCUT2D eigenvalue weighted by atomic mass is 10.2. The van der Waals surface area contributed by atoms with Gasteiger partial charge in [-0.05, 0) is 17.9 Å². The average molecular weight is 118 g/mol. The lowest BCUT2D eigenvalue weighted by Gasteiger charge is -2.13. The van der Waals surface area contributed by atoms with Gasteiger partial charge in [-0.3, -0.25) is 0 Å². The van der Waals surface area contributed by atoms with Crippen molar-refractivity contribution in [2.75, 3.05) is 0 Å². The third-order valence-corrected chi connectivity index (χ3v) is 1.32. The van der Waals surface area contributed by atoms with Gasteiger partial charge in [0.05, 0.1) is 0 Å². The minimum atomic E-state index is 0.342. The molecule has 8 heavy (non-hydrogen) atoms. The molecule has 0 atom stereocenters. The van der Waals surface area contributed by atoms with Gasteiger partial charge in [0.15, 0.2) is 0 Å². The van der Waals surface area contributed by atoms with Crippen LogP contribution in [0.4, 0.5) is 0 Å². The van der Waals surface area contributed by atoms with Crippen LogP contribution in [0.2, 0.25) is 5.54 Å². The Morgan fingerprint density at radius 3 is 2.25 bits per heavy atom. The van der Waals surface area contributed by atoms with E-state index in [-0.39, 0.29) is 0 Å². The van der Waals surface area contributed by atoms with E-state index in [0.717, 1.165) is 0 Å². The highest BCUT2D eigenvalue weighted by molar-refractivity contribution is 6.14. The Hall–Kier alpha value is -0.438. The molecule has 0 aromatic carbocycles. The predicted molar refractivity (Wildman–Crippen MR) is 35.4 cm³/mol. The second-order valence-electron chi connectivity index (χ2n) is 1.66. The van der Waals surface area contributed by atoms with Crippen molar-refractivity contribution in [1.82, 2.24) is 4.81 Å². The van der Waals surface area contributed by atoms with Crippen molar-refractivity contribution in [3.63, 3.8) is 0 Å². The fraction of sp³-hybridized carbons (Fsp3) is 0.200. The van der Waals surface area contributed by atoms with Gasteiger partial charge in [0.1, 0.15) is 0 Å². The van der Waals surface area contributed by atoms with Gasteiger partial charge in [0.2, 0.25) is 7.98 Å². The highest BCUT2D eigenvalue weighted by Crippen LogP contribution is 2.08. The molecule has 0 saturated carbocycles. The molecular formula is C5H5BNSi. The summed E-state index contributed by atoms with van der Waals surface area (Å²) in [5.74, 6) is 0. The number of hydrogen-bond acceptors (Lipinski definition) is 1. The summed E-state index contributed by atoms with van der Waals surface area (Å²) in [5, 5.41) is 0. The summed E-state index contributed by atoms with van der Waals surface area (Å²) < 4.78 is 0. The van der Waals surface area contributed by atoms with Crippen molar-refractivity contribution in [1.29, 1.82) is 0 Å². The maximum absolute atomic E-state index is 5.34. The zero-order valence-electron chi connectivity index (χ0n) is 4.41. The molecule has 1 aliphatic rings. The van der Waals surface area contributed by atoms with E-state index < -0.39 is 0 Å². The normalized spacial score (nSPS) is 19.9. The Kier molecular flexibility index (Phi) is 1.58. The molecule has 0 aliphatic carbocycles. The van der Waals surface area contributed by atoms with Crippen LogP contribution in [0.5, 0.6) is 0 Å². The summed E-state index contributed by atoms with van der Waals surface area (Å²) in [6, 6.07) is 0. The van der Waals surface area contributed by atoms with E-state index in [4.69, 9.17) is 7.98 Å². The van der Waals surface area contributed by atoms with Gasteiger partial charge in [-0.2, -0.15) is 0 Å². The van der Waals surface area contributed by atoms with Crippen molar-refractivity contribution in [3.8, 4) is 0 Å². The topological polar surface area (TPSA) is 3.24 Å². The molecule has 3 heteroatoms. The van der Waals surface area contributed by atoms with Crippen LogP contribution >= 0.6 is 0 Å². The minimum absolute atomic E-state index is 0.342. The van der Waals surface area contributed by atoms with E-state index in [1.54, 1.807) is 12.4 Å². The lowest BCUT2D eigenvalue weighted by Crippen LogP contribution is -2.06. The summed E-state index contributed by atoms with van der Waals surface area (Å²) in [7, 11) is 8.74. The van der Waals surface area contributed by atoms with Crippen LogP contribution < -0.4 is 0 Å². The van der Waals surface area contributed by atoms with Crippen molar-refractivity contribution in [3.05, 3.63) is 24.6 Å². The molecule has 0 bridgehead atoms. The third-order valence-electron chi connectivity index (χ3n) is 0.931. The summed E-state index contributed by atoms with van der Waals surface area (Å²) in [6.07, 6.45) is 7.52. The van der Waals surface area contributed by atoms with Crippen LogP contribution in [-0.2, 0) is 0 Å². The Labute approximate surface area is 53.9 Å². The number of hydrogen-bond donors (Lipinski definition) is 0. The highest BCUT2D eigenvalue weighted by atomic mass is 28.1. The van der Waals surface area contributed by atoms with Crippen LogP contribution in [0.15, 0.2) is 24.6 Å². The molecule has 0 aromatic heterocycles. The molecule has 1 heterocycles. The first kappa shape index (κ1) is 5.69. The van der Waals surface area contributed by atoms with E-state index in [9.17, 15) is 0 Å². The van der Waals surface area contributed by atoms with Crippen LogP contribution in [-0.4, -0.2) is 23.0 Å². The molecule has 0 N–H and O–H groups in total. The number of nitrogens with zero attached hydrogens (tertiary/aromatic N) is 1. The molecule has 0 aromatic rings. The van der Waals surface area contributed by atoms with E-state index in [1.807, 2.05) is 12.2 Å². The number of allylic oxidation sites excluding steroid dienone is 2. The van der Waals surface area contributed by atoms with Gasteiger partial charge >= 0.3 is 0 Å². The van der Waals surface area contributed by atoms with Crippen LogP contribution in [0.3, 0.4) is 0 Å². The molecule has 0 amide bonds. The van der Waals surface area contributed by atoms with Gasteiger partial charge in [0.25, 0.3) is 0 Å². The molecule has 37 valence electrons. The van der Waals surface area contributed by atoms with Crippen molar-refractivity contribution in [2.45, 2.75) is 5.54 Å². The number of rotatable bonds is 0. The summed E-state index contributed by atoms with van der Waals surface area (Å²) in [4.78, 5) is 1.51. The smallest absolute Gasteiger partial charge is 0.233 e.